The van der Waals surface area contributed by atoms with Crippen LogP contribution in [0.1, 0.15) is 22.0 Å². The number of hydrogen-bond acceptors (Lipinski definition) is 5. The molecule has 1 amide bonds. The summed E-state index contributed by atoms with van der Waals surface area (Å²) in [6.07, 6.45) is 4.49. The first-order valence-electron chi connectivity index (χ1n) is 5.09. The van der Waals surface area contributed by atoms with Crippen LogP contribution in [0.25, 0.3) is 0 Å². The second kappa shape index (κ2) is 5.04. The van der Waals surface area contributed by atoms with Gasteiger partial charge in [-0.15, -0.1) is 0 Å². The van der Waals surface area contributed by atoms with E-state index in [0.717, 1.165) is 0 Å². The van der Waals surface area contributed by atoms with Crippen LogP contribution in [0.3, 0.4) is 0 Å². The van der Waals surface area contributed by atoms with Crippen molar-refractivity contribution >= 4 is 11.7 Å². The van der Waals surface area contributed by atoms with Crippen molar-refractivity contribution in [2.24, 2.45) is 10.8 Å². The van der Waals surface area contributed by atoms with Crippen molar-refractivity contribution in [3.8, 4) is 0 Å². The third-order valence-electron chi connectivity index (χ3n) is 2.12. The first-order valence-corrected chi connectivity index (χ1v) is 5.09. The maximum Gasteiger partial charge on any atom is 0.291 e. The van der Waals surface area contributed by atoms with Crippen LogP contribution in [0, 0.1) is 6.92 Å². The molecule has 0 aliphatic rings. The van der Waals surface area contributed by atoms with Gasteiger partial charge in [0.1, 0.15) is 0 Å². The predicted octanol–water partition coefficient (Wildman–Crippen LogP) is -0.442. The highest BCUT2D eigenvalue weighted by molar-refractivity contribution is 5.97. The van der Waals surface area contributed by atoms with E-state index in [-0.39, 0.29) is 17.4 Å². The molecule has 2 aromatic rings. The van der Waals surface area contributed by atoms with E-state index in [2.05, 4.69) is 30.5 Å². The molecule has 0 aromatic carbocycles. The lowest BCUT2D eigenvalue weighted by Crippen LogP contribution is -2.25. The zero-order valence-corrected chi connectivity index (χ0v) is 9.58. The highest BCUT2D eigenvalue weighted by Gasteiger charge is 2.11. The van der Waals surface area contributed by atoms with Gasteiger partial charge in [-0.3, -0.25) is 4.79 Å². The first-order chi connectivity index (χ1) is 8.68. The molecular weight excluding hydrogens is 234 g/mol. The topological polar surface area (TPSA) is 122 Å². The SMILES string of the molecule is Cc1[nH]cnc1C(=O)N/N=C(\N)c1ncccn1. The molecule has 0 unspecified atom stereocenters. The Morgan fingerprint density at radius 1 is 1.39 bits per heavy atom. The molecule has 0 saturated heterocycles. The predicted molar refractivity (Wildman–Crippen MR) is 63.5 cm³/mol. The van der Waals surface area contributed by atoms with Gasteiger partial charge in [-0.1, -0.05) is 0 Å². The standard InChI is InChI=1S/C10H11N7O/c1-6-7(15-5-14-6)10(18)17-16-8(11)9-12-3-2-4-13-9/h2-5H,1H3,(H2,11,16)(H,14,15)(H,17,18). The van der Waals surface area contributed by atoms with E-state index < -0.39 is 5.91 Å². The first kappa shape index (κ1) is 11.7. The highest BCUT2D eigenvalue weighted by atomic mass is 16.2. The van der Waals surface area contributed by atoms with Crippen molar-refractivity contribution in [2.75, 3.05) is 0 Å². The van der Waals surface area contributed by atoms with Crippen LogP contribution < -0.4 is 11.2 Å². The second-order valence-electron chi connectivity index (χ2n) is 3.39. The number of rotatable bonds is 3. The molecule has 2 aromatic heterocycles. The van der Waals surface area contributed by atoms with Gasteiger partial charge in [-0.25, -0.2) is 20.4 Å². The Kier molecular flexibility index (Phi) is 3.28. The summed E-state index contributed by atoms with van der Waals surface area (Å²) in [6, 6.07) is 1.66. The Morgan fingerprint density at radius 3 is 2.72 bits per heavy atom. The number of nitrogens with two attached hydrogens (primary N) is 1. The minimum Gasteiger partial charge on any atom is -0.379 e. The van der Waals surface area contributed by atoms with Gasteiger partial charge in [-0.2, -0.15) is 5.10 Å². The summed E-state index contributed by atoms with van der Waals surface area (Å²) in [5.74, 6) is -0.179. The summed E-state index contributed by atoms with van der Waals surface area (Å²) < 4.78 is 0. The van der Waals surface area contributed by atoms with Crippen LogP contribution in [0.2, 0.25) is 0 Å². The fourth-order valence-corrected chi connectivity index (χ4v) is 1.23. The molecule has 0 bridgehead atoms. The number of hydrazone groups is 1. The second-order valence-corrected chi connectivity index (χ2v) is 3.39. The zero-order valence-electron chi connectivity index (χ0n) is 9.58. The van der Waals surface area contributed by atoms with Crippen LogP contribution in [-0.2, 0) is 0 Å². The molecule has 0 saturated carbocycles. The molecule has 0 fully saturated rings. The Labute approximate surface area is 102 Å². The molecule has 2 rings (SSSR count). The molecule has 92 valence electrons. The smallest absolute Gasteiger partial charge is 0.291 e. The van der Waals surface area contributed by atoms with Gasteiger partial charge < -0.3 is 10.7 Å². The molecule has 18 heavy (non-hydrogen) atoms. The molecule has 0 aliphatic carbocycles. The van der Waals surface area contributed by atoms with E-state index in [9.17, 15) is 4.79 Å². The number of nitrogens with one attached hydrogen (secondary N) is 2. The van der Waals surface area contributed by atoms with Gasteiger partial charge in [0.25, 0.3) is 5.91 Å². The van der Waals surface area contributed by atoms with Crippen molar-refractivity contribution in [1.29, 1.82) is 0 Å². The average molecular weight is 245 g/mol. The van der Waals surface area contributed by atoms with Gasteiger partial charge >= 0.3 is 0 Å². The van der Waals surface area contributed by atoms with E-state index in [1.54, 1.807) is 13.0 Å². The quantitative estimate of drug-likeness (QED) is 0.384. The van der Waals surface area contributed by atoms with Crippen LogP contribution in [-0.4, -0.2) is 31.7 Å². The van der Waals surface area contributed by atoms with E-state index in [1.165, 1.54) is 18.7 Å². The number of aromatic amines is 1. The number of carbonyl (C=O) groups is 1. The van der Waals surface area contributed by atoms with E-state index in [4.69, 9.17) is 5.73 Å². The molecular formula is C10H11N7O. The minimum atomic E-state index is -0.451. The summed E-state index contributed by atoms with van der Waals surface area (Å²) in [5, 5.41) is 3.71. The number of aromatic nitrogens is 4. The van der Waals surface area contributed by atoms with Crippen LogP contribution >= 0.6 is 0 Å². The fourth-order valence-electron chi connectivity index (χ4n) is 1.23. The molecule has 4 N–H and O–H groups in total. The number of hydrogen-bond donors (Lipinski definition) is 3. The third-order valence-corrected chi connectivity index (χ3v) is 2.12. The summed E-state index contributed by atoms with van der Waals surface area (Å²) in [6.45, 7) is 1.73. The largest absolute Gasteiger partial charge is 0.379 e. The van der Waals surface area contributed by atoms with E-state index in [1.807, 2.05) is 0 Å². The Bertz CT molecular complexity index is 575. The highest BCUT2D eigenvalue weighted by Crippen LogP contribution is 1.99. The monoisotopic (exact) mass is 245 g/mol. The number of amidine groups is 1. The fraction of sp³-hybridized carbons (Fsp3) is 0.100. The van der Waals surface area contributed by atoms with Gasteiger partial charge in [0.2, 0.25) is 0 Å². The van der Waals surface area contributed by atoms with Crippen LogP contribution in [0.4, 0.5) is 0 Å². The van der Waals surface area contributed by atoms with Gasteiger partial charge in [-0.05, 0) is 13.0 Å². The molecule has 0 radical (unpaired) electrons. The number of nitrogens with zero attached hydrogens (tertiary/aromatic N) is 4. The maximum atomic E-state index is 11.7. The van der Waals surface area contributed by atoms with Crippen molar-refractivity contribution in [3.05, 3.63) is 42.0 Å². The number of H-pyrrole nitrogens is 1. The van der Waals surface area contributed by atoms with E-state index in [0.29, 0.717) is 5.69 Å². The molecule has 0 aliphatic heterocycles. The van der Waals surface area contributed by atoms with Crippen molar-refractivity contribution in [1.82, 2.24) is 25.4 Å². The molecule has 0 spiro atoms. The molecule has 2 heterocycles. The Hall–Kier alpha value is -2.77. The summed E-state index contributed by atoms with van der Waals surface area (Å²) in [4.78, 5) is 26.1. The normalized spacial score (nSPS) is 11.3. The Morgan fingerprint density at radius 2 is 2.11 bits per heavy atom. The number of aryl methyl sites for hydroxylation is 1. The van der Waals surface area contributed by atoms with Crippen molar-refractivity contribution < 1.29 is 4.79 Å². The maximum absolute atomic E-state index is 11.7. The lowest BCUT2D eigenvalue weighted by atomic mass is 10.3. The van der Waals surface area contributed by atoms with Crippen LogP contribution in [0.5, 0.6) is 0 Å². The van der Waals surface area contributed by atoms with Crippen molar-refractivity contribution in [2.45, 2.75) is 6.92 Å². The number of imidazole rings is 1. The zero-order chi connectivity index (χ0) is 13.0. The van der Waals surface area contributed by atoms with Crippen molar-refractivity contribution in [3.63, 3.8) is 0 Å². The van der Waals surface area contributed by atoms with Crippen LogP contribution in [0.15, 0.2) is 29.9 Å². The lowest BCUT2D eigenvalue weighted by Gasteiger charge is -2.00. The minimum absolute atomic E-state index is 0.0251. The van der Waals surface area contributed by atoms with Gasteiger partial charge in [0.15, 0.2) is 17.4 Å². The summed E-state index contributed by atoms with van der Waals surface area (Å²) in [5.41, 5.74) is 8.82. The summed E-state index contributed by atoms with van der Waals surface area (Å²) >= 11 is 0. The number of carbonyl (C=O) groups excluding carboxylic acids is 1. The molecule has 0 atom stereocenters. The Balaban J connectivity index is 2.08. The van der Waals surface area contributed by atoms with Gasteiger partial charge in [0.05, 0.1) is 6.33 Å². The molecule has 8 nitrogen and oxygen atoms in total. The lowest BCUT2D eigenvalue weighted by molar-refractivity contribution is 0.0949. The average Bonchev–Trinajstić information content (AvgIpc) is 2.83. The molecule has 8 heteroatoms. The number of amides is 1. The summed E-state index contributed by atoms with van der Waals surface area (Å²) in [7, 11) is 0. The van der Waals surface area contributed by atoms with Gasteiger partial charge in [0, 0.05) is 18.1 Å². The third kappa shape index (κ3) is 2.48. The van der Waals surface area contributed by atoms with E-state index >= 15 is 0 Å².